The van der Waals surface area contributed by atoms with E-state index >= 15 is 0 Å². The van der Waals surface area contributed by atoms with Gasteiger partial charge in [0.15, 0.2) is 5.81 Å². The first-order valence-electron chi connectivity index (χ1n) is 5.05. The molecule has 0 aliphatic carbocycles. The largest absolute Gasteiger partial charge is 0.371 e. The molecule has 0 amide bonds. The fraction of sp³-hybridized carbons (Fsp3) is 0.889. The van der Waals surface area contributed by atoms with Crippen LogP contribution in [-0.4, -0.2) is 24.4 Å². The van der Waals surface area contributed by atoms with Crippen LogP contribution in [0.5, 0.6) is 0 Å². The van der Waals surface area contributed by atoms with Crippen molar-refractivity contribution in [3.05, 3.63) is 0 Å². The third-order valence-corrected chi connectivity index (χ3v) is 4.09. The number of hydrogen-bond donors (Lipinski definition) is 0. The average Bonchev–Trinajstić information content (AvgIpc) is 2.20. The topological polar surface area (TPSA) is 53.3 Å². The van der Waals surface area contributed by atoms with Gasteiger partial charge in [-0.2, -0.15) is 5.26 Å². The molecule has 0 bridgehead atoms. The minimum atomic E-state index is -3.20. The maximum absolute atomic E-state index is 12.0. The molecular weight excluding hydrogens is 199 g/mol. The molecule has 0 aromatic rings. The summed E-state index contributed by atoms with van der Waals surface area (Å²) in [6, 6.07) is 0. The van der Waals surface area contributed by atoms with Crippen LogP contribution in [0.1, 0.15) is 33.6 Å². The van der Waals surface area contributed by atoms with Gasteiger partial charge >= 0.3 is 7.52 Å². The van der Waals surface area contributed by atoms with Crippen LogP contribution in [0.4, 0.5) is 0 Å². The molecule has 0 aliphatic heterocycles. The molecule has 0 aromatic heterocycles. The van der Waals surface area contributed by atoms with Crippen molar-refractivity contribution in [1.29, 1.82) is 5.26 Å². The predicted molar refractivity (Wildman–Crippen MR) is 57.0 cm³/mol. The van der Waals surface area contributed by atoms with E-state index in [0.717, 1.165) is 12.8 Å². The van der Waals surface area contributed by atoms with Gasteiger partial charge in [-0.05, 0) is 6.42 Å². The summed E-state index contributed by atoms with van der Waals surface area (Å²) in [6.07, 6.45) is 1.82. The first-order chi connectivity index (χ1) is 6.64. The van der Waals surface area contributed by atoms with E-state index in [4.69, 9.17) is 9.79 Å². The molecule has 0 aromatic carbocycles. The zero-order valence-corrected chi connectivity index (χ0v) is 10.1. The Balaban J connectivity index is 4.32. The Morgan fingerprint density at radius 1 is 1.36 bits per heavy atom. The van der Waals surface area contributed by atoms with E-state index in [-0.39, 0.29) is 0 Å². The van der Waals surface area contributed by atoms with Gasteiger partial charge in [-0.25, -0.2) is 4.67 Å². The van der Waals surface area contributed by atoms with Gasteiger partial charge < -0.3 is 4.52 Å². The van der Waals surface area contributed by atoms with Crippen LogP contribution in [-0.2, 0) is 9.09 Å². The molecule has 0 saturated heterocycles. The van der Waals surface area contributed by atoms with Crippen LogP contribution in [0.25, 0.3) is 0 Å². The Morgan fingerprint density at radius 2 is 1.93 bits per heavy atom. The lowest BCUT2D eigenvalue weighted by atomic mass is 10.4. The van der Waals surface area contributed by atoms with Gasteiger partial charge in [0.05, 0.1) is 6.61 Å². The van der Waals surface area contributed by atoms with Crippen LogP contribution < -0.4 is 0 Å². The number of hydrogen-bond acceptors (Lipinski definition) is 3. The summed E-state index contributed by atoms with van der Waals surface area (Å²) in [7, 11) is -3.20. The lowest BCUT2D eigenvalue weighted by Gasteiger charge is -2.23. The summed E-state index contributed by atoms with van der Waals surface area (Å²) >= 11 is 0. The van der Waals surface area contributed by atoms with Gasteiger partial charge in [-0.15, -0.1) is 0 Å². The summed E-state index contributed by atoms with van der Waals surface area (Å²) in [5.74, 6) is 1.80. The normalized spacial score (nSPS) is 15.1. The summed E-state index contributed by atoms with van der Waals surface area (Å²) in [5.41, 5.74) is 0. The smallest absolute Gasteiger partial charge is 0.307 e. The Kier molecular flexibility index (Phi) is 6.82. The summed E-state index contributed by atoms with van der Waals surface area (Å²) in [4.78, 5) is 0. The van der Waals surface area contributed by atoms with Crippen molar-refractivity contribution in [3.8, 4) is 5.81 Å². The average molecular weight is 218 g/mol. The second-order valence-corrected chi connectivity index (χ2v) is 5.01. The first kappa shape index (κ1) is 13.6. The Morgan fingerprint density at radius 3 is 2.29 bits per heavy atom. The van der Waals surface area contributed by atoms with E-state index in [9.17, 15) is 4.57 Å². The summed E-state index contributed by atoms with van der Waals surface area (Å²) in [6.45, 7) is 7.32. The number of nitrogens with zero attached hydrogens (tertiary/aromatic N) is 2. The van der Waals surface area contributed by atoms with E-state index < -0.39 is 7.52 Å². The van der Waals surface area contributed by atoms with Crippen molar-refractivity contribution < 1.29 is 9.09 Å². The van der Waals surface area contributed by atoms with Gasteiger partial charge in [-0.1, -0.05) is 27.2 Å². The molecule has 14 heavy (non-hydrogen) atoms. The molecule has 0 aliphatic rings. The second-order valence-electron chi connectivity index (χ2n) is 2.95. The first-order valence-corrected chi connectivity index (χ1v) is 6.63. The highest BCUT2D eigenvalue weighted by Crippen LogP contribution is 2.49. The highest BCUT2D eigenvalue weighted by atomic mass is 31.2. The zero-order chi connectivity index (χ0) is 11.0. The SMILES string of the molecule is CCCCOP(=O)(C#N)N(CC)CC. The number of nitriles is 1. The van der Waals surface area contributed by atoms with E-state index in [2.05, 4.69) is 0 Å². The summed E-state index contributed by atoms with van der Waals surface area (Å²) < 4.78 is 18.7. The lowest BCUT2D eigenvalue weighted by Crippen LogP contribution is -2.20. The van der Waals surface area contributed by atoms with Gasteiger partial charge in [0.2, 0.25) is 0 Å². The molecule has 0 saturated carbocycles. The third-order valence-electron chi connectivity index (χ3n) is 1.99. The van der Waals surface area contributed by atoms with Crippen LogP contribution in [0, 0.1) is 11.1 Å². The van der Waals surface area contributed by atoms with Crippen molar-refractivity contribution in [3.63, 3.8) is 0 Å². The van der Waals surface area contributed by atoms with Gasteiger partial charge in [0.1, 0.15) is 0 Å². The minimum Gasteiger partial charge on any atom is -0.307 e. The van der Waals surface area contributed by atoms with E-state index in [1.165, 1.54) is 0 Å². The van der Waals surface area contributed by atoms with Crippen molar-refractivity contribution in [2.45, 2.75) is 33.6 Å². The van der Waals surface area contributed by atoms with Crippen LogP contribution in [0.15, 0.2) is 0 Å². The van der Waals surface area contributed by atoms with Crippen molar-refractivity contribution in [2.75, 3.05) is 19.7 Å². The van der Waals surface area contributed by atoms with Crippen LogP contribution in [0.3, 0.4) is 0 Å². The van der Waals surface area contributed by atoms with Crippen molar-refractivity contribution >= 4 is 7.52 Å². The molecule has 82 valence electrons. The third kappa shape index (κ3) is 3.79. The maximum Gasteiger partial charge on any atom is 0.371 e. The van der Waals surface area contributed by atoms with Gasteiger partial charge in [0, 0.05) is 13.1 Å². The molecule has 0 rings (SSSR count). The molecule has 0 spiro atoms. The molecule has 0 radical (unpaired) electrons. The van der Waals surface area contributed by atoms with E-state index in [1.807, 2.05) is 20.8 Å². The van der Waals surface area contributed by atoms with Crippen LogP contribution >= 0.6 is 7.52 Å². The summed E-state index contributed by atoms with van der Waals surface area (Å²) in [5, 5.41) is 8.84. The lowest BCUT2D eigenvalue weighted by molar-refractivity contribution is 0.269. The molecule has 1 atom stereocenters. The maximum atomic E-state index is 12.0. The quantitative estimate of drug-likeness (QED) is 0.487. The minimum absolute atomic E-state index is 0.401. The second kappa shape index (κ2) is 7.00. The highest BCUT2D eigenvalue weighted by molar-refractivity contribution is 7.61. The number of rotatable bonds is 7. The van der Waals surface area contributed by atoms with Gasteiger partial charge in [0.25, 0.3) is 0 Å². The standard InChI is InChI=1S/C9H19N2O2P/c1-4-7-8-13-14(12,9-10)11(5-2)6-3/h4-8H2,1-3H3. The fourth-order valence-electron chi connectivity index (χ4n) is 1.10. The Bertz CT molecular complexity index is 233. The highest BCUT2D eigenvalue weighted by Gasteiger charge is 2.29. The molecular formula is C9H19N2O2P. The molecule has 0 N–H and O–H groups in total. The number of unbranched alkanes of at least 4 members (excludes halogenated alkanes) is 1. The van der Waals surface area contributed by atoms with Crippen molar-refractivity contribution in [2.24, 2.45) is 0 Å². The van der Waals surface area contributed by atoms with Gasteiger partial charge in [-0.3, -0.25) is 4.57 Å². The Labute approximate surface area is 86.4 Å². The van der Waals surface area contributed by atoms with Crippen molar-refractivity contribution in [1.82, 2.24) is 4.67 Å². The fourth-order valence-corrected chi connectivity index (χ4v) is 2.57. The van der Waals surface area contributed by atoms with E-state index in [1.54, 1.807) is 10.5 Å². The Hall–Kier alpha value is -0.360. The molecule has 1 unspecified atom stereocenters. The predicted octanol–water partition coefficient (Wildman–Crippen LogP) is 2.82. The van der Waals surface area contributed by atoms with E-state index in [0.29, 0.717) is 19.7 Å². The molecule has 0 fully saturated rings. The monoisotopic (exact) mass is 218 g/mol. The molecule has 5 heteroatoms. The molecule has 0 heterocycles. The zero-order valence-electron chi connectivity index (χ0n) is 9.19. The molecule has 4 nitrogen and oxygen atoms in total. The van der Waals surface area contributed by atoms with Crippen LogP contribution in [0.2, 0.25) is 0 Å².